The fraction of sp³-hybridized carbons (Fsp3) is 0.286. The number of aromatic nitrogens is 2. The summed E-state index contributed by atoms with van der Waals surface area (Å²) < 4.78 is 7.01. The van der Waals surface area contributed by atoms with Gasteiger partial charge in [0.2, 0.25) is 5.91 Å². The SMILES string of the molecule is COc1ccccc1NC(=O)Cn1cnc(C)c1C. The molecule has 100 valence electrons. The number of rotatable bonds is 4. The van der Waals surface area contributed by atoms with Crippen LogP contribution in [-0.2, 0) is 11.3 Å². The molecule has 0 spiro atoms. The number of carbonyl (C=O) groups excluding carboxylic acids is 1. The molecular weight excluding hydrogens is 242 g/mol. The van der Waals surface area contributed by atoms with Crippen LogP contribution in [0.25, 0.3) is 0 Å². The van der Waals surface area contributed by atoms with Gasteiger partial charge in [0.05, 0.1) is 24.8 Å². The number of hydrogen-bond donors (Lipinski definition) is 1. The summed E-state index contributed by atoms with van der Waals surface area (Å²) in [5.74, 6) is 0.541. The van der Waals surface area contributed by atoms with Crippen LogP contribution < -0.4 is 10.1 Å². The van der Waals surface area contributed by atoms with Crippen LogP contribution in [0.15, 0.2) is 30.6 Å². The van der Waals surface area contributed by atoms with Crippen LogP contribution in [0.4, 0.5) is 5.69 Å². The number of benzene rings is 1. The second-order valence-electron chi connectivity index (χ2n) is 4.29. The number of carbonyl (C=O) groups is 1. The number of para-hydroxylation sites is 2. The first-order valence-corrected chi connectivity index (χ1v) is 6.03. The average molecular weight is 259 g/mol. The van der Waals surface area contributed by atoms with E-state index in [0.717, 1.165) is 11.4 Å². The smallest absolute Gasteiger partial charge is 0.244 e. The van der Waals surface area contributed by atoms with Crippen molar-refractivity contribution in [3.05, 3.63) is 42.0 Å². The molecule has 19 heavy (non-hydrogen) atoms. The number of methoxy groups -OCH3 is 1. The molecular formula is C14H17N3O2. The summed E-state index contributed by atoms with van der Waals surface area (Å²) in [6, 6.07) is 7.33. The van der Waals surface area contributed by atoms with E-state index in [4.69, 9.17) is 4.74 Å². The number of hydrogen-bond acceptors (Lipinski definition) is 3. The van der Waals surface area contributed by atoms with Gasteiger partial charge < -0.3 is 14.6 Å². The summed E-state index contributed by atoms with van der Waals surface area (Å²) in [4.78, 5) is 16.2. The van der Waals surface area contributed by atoms with Gasteiger partial charge >= 0.3 is 0 Å². The highest BCUT2D eigenvalue weighted by Gasteiger charge is 2.09. The molecule has 0 aliphatic carbocycles. The molecule has 0 saturated carbocycles. The van der Waals surface area contributed by atoms with E-state index in [0.29, 0.717) is 11.4 Å². The molecule has 2 aromatic rings. The van der Waals surface area contributed by atoms with E-state index in [1.165, 1.54) is 0 Å². The molecule has 0 aliphatic rings. The Balaban J connectivity index is 2.07. The van der Waals surface area contributed by atoms with Gasteiger partial charge in [-0.05, 0) is 26.0 Å². The van der Waals surface area contributed by atoms with Crippen LogP contribution in [0.5, 0.6) is 5.75 Å². The maximum atomic E-state index is 12.0. The largest absolute Gasteiger partial charge is 0.495 e. The van der Waals surface area contributed by atoms with Crippen molar-refractivity contribution < 1.29 is 9.53 Å². The van der Waals surface area contributed by atoms with Crippen molar-refractivity contribution >= 4 is 11.6 Å². The lowest BCUT2D eigenvalue weighted by molar-refractivity contribution is -0.116. The fourth-order valence-corrected chi connectivity index (χ4v) is 1.80. The van der Waals surface area contributed by atoms with E-state index in [2.05, 4.69) is 10.3 Å². The van der Waals surface area contributed by atoms with Gasteiger partial charge in [-0.1, -0.05) is 12.1 Å². The van der Waals surface area contributed by atoms with Crippen molar-refractivity contribution in [2.45, 2.75) is 20.4 Å². The number of nitrogens with one attached hydrogen (secondary N) is 1. The van der Waals surface area contributed by atoms with Crippen LogP contribution in [0, 0.1) is 13.8 Å². The van der Waals surface area contributed by atoms with Crippen molar-refractivity contribution in [1.82, 2.24) is 9.55 Å². The lowest BCUT2D eigenvalue weighted by atomic mass is 10.3. The highest BCUT2D eigenvalue weighted by atomic mass is 16.5. The van der Waals surface area contributed by atoms with Gasteiger partial charge in [-0.25, -0.2) is 4.98 Å². The molecule has 1 aromatic heterocycles. The second kappa shape index (κ2) is 5.56. The maximum absolute atomic E-state index is 12.0. The molecule has 0 aliphatic heterocycles. The standard InChI is InChI=1S/C14H17N3O2/c1-10-11(2)17(9-15-10)8-14(18)16-12-6-4-5-7-13(12)19-3/h4-7,9H,8H2,1-3H3,(H,16,18). The van der Waals surface area contributed by atoms with Crippen molar-refractivity contribution in [3.8, 4) is 5.75 Å². The van der Waals surface area contributed by atoms with E-state index in [1.807, 2.05) is 42.7 Å². The molecule has 0 radical (unpaired) electrons. The molecule has 0 bridgehead atoms. The first-order chi connectivity index (χ1) is 9.11. The highest BCUT2D eigenvalue weighted by Crippen LogP contribution is 2.22. The number of ether oxygens (including phenoxy) is 1. The minimum absolute atomic E-state index is 0.106. The summed E-state index contributed by atoms with van der Waals surface area (Å²) in [5, 5.41) is 2.83. The summed E-state index contributed by atoms with van der Waals surface area (Å²) in [5.41, 5.74) is 2.60. The summed E-state index contributed by atoms with van der Waals surface area (Å²) >= 11 is 0. The Hall–Kier alpha value is -2.30. The fourth-order valence-electron chi connectivity index (χ4n) is 1.80. The quantitative estimate of drug-likeness (QED) is 0.915. The van der Waals surface area contributed by atoms with Gasteiger partial charge in [0.25, 0.3) is 0 Å². The Morgan fingerprint density at radius 2 is 2.11 bits per heavy atom. The molecule has 5 nitrogen and oxygen atoms in total. The monoisotopic (exact) mass is 259 g/mol. The van der Waals surface area contributed by atoms with E-state index < -0.39 is 0 Å². The zero-order valence-corrected chi connectivity index (χ0v) is 11.3. The Morgan fingerprint density at radius 3 is 2.74 bits per heavy atom. The van der Waals surface area contributed by atoms with Crippen LogP contribution in [0.2, 0.25) is 0 Å². The highest BCUT2D eigenvalue weighted by molar-refractivity contribution is 5.92. The molecule has 0 fully saturated rings. The molecule has 1 aromatic carbocycles. The zero-order chi connectivity index (χ0) is 13.8. The summed E-state index contributed by atoms with van der Waals surface area (Å²) in [7, 11) is 1.58. The van der Waals surface area contributed by atoms with Crippen LogP contribution in [0.1, 0.15) is 11.4 Å². The van der Waals surface area contributed by atoms with Crippen LogP contribution in [-0.4, -0.2) is 22.6 Å². The van der Waals surface area contributed by atoms with Gasteiger partial charge in [-0.15, -0.1) is 0 Å². The van der Waals surface area contributed by atoms with Gasteiger partial charge in [-0.2, -0.15) is 0 Å². The predicted octanol–water partition coefficient (Wildman–Crippen LogP) is 2.15. The van der Waals surface area contributed by atoms with Gasteiger partial charge in [0.1, 0.15) is 12.3 Å². The minimum atomic E-state index is -0.106. The zero-order valence-electron chi connectivity index (χ0n) is 11.3. The van der Waals surface area contributed by atoms with Crippen molar-refractivity contribution in [2.75, 3.05) is 12.4 Å². The molecule has 1 heterocycles. The number of aryl methyl sites for hydroxylation is 1. The molecule has 2 rings (SSSR count). The van der Waals surface area contributed by atoms with Crippen molar-refractivity contribution in [2.24, 2.45) is 0 Å². The van der Waals surface area contributed by atoms with E-state index in [1.54, 1.807) is 13.4 Å². The lowest BCUT2D eigenvalue weighted by Crippen LogP contribution is -2.19. The Kier molecular flexibility index (Phi) is 3.85. The molecule has 0 saturated heterocycles. The number of anilines is 1. The van der Waals surface area contributed by atoms with E-state index >= 15 is 0 Å². The second-order valence-corrected chi connectivity index (χ2v) is 4.29. The Morgan fingerprint density at radius 1 is 1.37 bits per heavy atom. The molecule has 1 amide bonds. The third-order valence-corrected chi connectivity index (χ3v) is 3.04. The molecule has 5 heteroatoms. The van der Waals surface area contributed by atoms with Crippen molar-refractivity contribution in [1.29, 1.82) is 0 Å². The lowest BCUT2D eigenvalue weighted by Gasteiger charge is -2.10. The average Bonchev–Trinajstić information content (AvgIpc) is 2.71. The maximum Gasteiger partial charge on any atom is 0.244 e. The first-order valence-electron chi connectivity index (χ1n) is 6.03. The third kappa shape index (κ3) is 2.93. The number of amides is 1. The normalized spacial score (nSPS) is 10.3. The molecule has 0 unspecified atom stereocenters. The third-order valence-electron chi connectivity index (χ3n) is 3.04. The summed E-state index contributed by atoms with van der Waals surface area (Å²) in [6.45, 7) is 4.10. The van der Waals surface area contributed by atoms with Crippen LogP contribution in [0.3, 0.4) is 0 Å². The Labute approximate surface area is 112 Å². The van der Waals surface area contributed by atoms with Gasteiger partial charge in [-0.3, -0.25) is 4.79 Å². The summed E-state index contributed by atoms with van der Waals surface area (Å²) in [6.07, 6.45) is 1.67. The van der Waals surface area contributed by atoms with Crippen molar-refractivity contribution in [3.63, 3.8) is 0 Å². The molecule has 0 atom stereocenters. The molecule has 1 N–H and O–H groups in total. The van der Waals surface area contributed by atoms with Gasteiger partial charge in [0.15, 0.2) is 0 Å². The van der Waals surface area contributed by atoms with E-state index in [9.17, 15) is 4.79 Å². The number of nitrogens with zero attached hydrogens (tertiary/aromatic N) is 2. The predicted molar refractivity (Wildman–Crippen MR) is 73.3 cm³/mol. The Bertz CT molecular complexity index is 590. The minimum Gasteiger partial charge on any atom is -0.495 e. The van der Waals surface area contributed by atoms with E-state index in [-0.39, 0.29) is 12.5 Å². The number of imidazole rings is 1. The van der Waals surface area contributed by atoms with Gasteiger partial charge in [0, 0.05) is 5.69 Å². The first kappa shape index (κ1) is 13.1. The topological polar surface area (TPSA) is 56.1 Å². The van der Waals surface area contributed by atoms with Crippen LogP contribution >= 0.6 is 0 Å².